The maximum atomic E-state index is 12.6. The lowest BCUT2D eigenvalue weighted by Gasteiger charge is -2.09. The summed E-state index contributed by atoms with van der Waals surface area (Å²) in [6.07, 6.45) is -3.28. The molecule has 2 heterocycles. The minimum absolute atomic E-state index is 0.338. The number of pyridine rings is 1. The second-order valence-electron chi connectivity index (χ2n) is 4.47. The number of rotatable bonds is 2. The van der Waals surface area contributed by atoms with Gasteiger partial charge in [-0.05, 0) is 12.1 Å². The summed E-state index contributed by atoms with van der Waals surface area (Å²) in [5.74, 6) is 0. The molecule has 0 saturated heterocycles. The summed E-state index contributed by atoms with van der Waals surface area (Å²) in [6, 6.07) is 10.3. The number of alkyl halides is 3. The second-order valence-corrected chi connectivity index (χ2v) is 5.53. The quantitative estimate of drug-likeness (QED) is 0.784. The van der Waals surface area contributed by atoms with Gasteiger partial charge in [0.15, 0.2) is 5.01 Å². The van der Waals surface area contributed by atoms with Crippen LogP contribution in [0.4, 0.5) is 13.2 Å². The van der Waals surface area contributed by atoms with Crippen molar-refractivity contribution in [3.8, 4) is 0 Å². The molecule has 1 unspecified atom stereocenters. The monoisotopic (exact) mass is 309 g/mol. The maximum Gasteiger partial charge on any atom is 0.443 e. The van der Waals surface area contributed by atoms with Gasteiger partial charge < -0.3 is 5.73 Å². The van der Waals surface area contributed by atoms with Gasteiger partial charge in [-0.2, -0.15) is 13.2 Å². The van der Waals surface area contributed by atoms with E-state index in [4.69, 9.17) is 5.73 Å². The zero-order valence-corrected chi connectivity index (χ0v) is 11.4. The van der Waals surface area contributed by atoms with Gasteiger partial charge in [0.2, 0.25) is 0 Å². The van der Waals surface area contributed by atoms with Gasteiger partial charge in [-0.25, -0.2) is 4.98 Å². The largest absolute Gasteiger partial charge is 0.443 e. The summed E-state index contributed by atoms with van der Waals surface area (Å²) in [5.41, 5.74) is 7.28. The Hall–Kier alpha value is -1.99. The molecule has 108 valence electrons. The SMILES string of the molecule is NC(c1ccc2ccccc2n1)c1cnc(C(F)(F)F)s1. The molecule has 0 fully saturated rings. The Balaban J connectivity index is 1.96. The Bertz CT molecular complexity index is 782. The van der Waals surface area contributed by atoms with Crippen LogP contribution in [0.1, 0.15) is 21.6 Å². The first-order valence-electron chi connectivity index (χ1n) is 6.09. The van der Waals surface area contributed by atoms with Crippen LogP contribution in [0.25, 0.3) is 10.9 Å². The highest BCUT2D eigenvalue weighted by atomic mass is 32.1. The predicted octanol–water partition coefficient (Wildman–Crippen LogP) is 3.76. The molecular weight excluding hydrogens is 299 g/mol. The molecule has 2 N–H and O–H groups in total. The van der Waals surface area contributed by atoms with Crippen molar-refractivity contribution in [2.24, 2.45) is 5.73 Å². The fourth-order valence-electron chi connectivity index (χ4n) is 1.96. The van der Waals surface area contributed by atoms with Gasteiger partial charge in [0.25, 0.3) is 0 Å². The third-order valence-corrected chi connectivity index (χ3v) is 4.14. The van der Waals surface area contributed by atoms with E-state index >= 15 is 0 Å². The van der Waals surface area contributed by atoms with E-state index in [1.165, 1.54) is 0 Å². The van der Waals surface area contributed by atoms with Gasteiger partial charge in [0, 0.05) is 16.5 Å². The summed E-state index contributed by atoms with van der Waals surface area (Å²) in [6.45, 7) is 0. The first-order chi connectivity index (χ1) is 9.95. The van der Waals surface area contributed by atoms with Crippen LogP contribution in [0.15, 0.2) is 42.6 Å². The summed E-state index contributed by atoms with van der Waals surface area (Å²) >= 11 is 0.547. The van der Waals surface area contributed by atoms with Crippen molar-refractivity contribution < 1.29 is 13.2 Å². The van der Waals surface area contributed by atoms with Crippen LogP contribution in [0.5, 0.6) is 0 Å². The third-order valence-electron chi connectivity index (χ3n) is 3.01. The Morgan fingerprint density at radius 3 is 2.57 bits per heavy atom. The molecule has 1 aromatic carbocycles. The van der Waals surface area contributed by atoms with Crippen molar-refractivity contribution >= 4 is 22.2 Å². The zero-order valence-electron chi connectivity index (χ0n) is 10.6. The summed E-state index contributed by atoms with van der Waals surface area (Å²) in [7, 11) is 0. The van der Waals surface area contributed by atoms with E-state index in [0.717, 1.165) is 17.1 Å². The van der Waals surface area contributed by atoms with Crippen molar-refractivity contribution in [2.45, 2.75) is 12.2 Å². The Morgan fingerprint density at radius 1 is 1.10 bits per heavy atom. The van der Waals surface area contributed by atoms with Crippen LogP contribution >= 0.6 is 11.3 Å². The molecule has 2 aromatic heterocycles. The van der Waals surface area contributed by atoms with E-state index in [2.05, 4.69) is 9.97 Å². The number of aromatic nitrogens is 2. The number of fused-ring (bicyclic) bond motifs is 1. The number of nitrogens with two attached hydrogens (primary N) is 1. The number of thiazole rings is 1. The molecule has 7 heteroatoms. The van der Waals surface area contributed by atoms with Crippen LogP contribution in [0.2, 0.25) is 0 Å². The van der Waals surface area contributed by atoms with Gasteiger partial charge in [0.1, 0.15) is 0 Å². The standard InChI is InChI=1S/C14H10F3N3S/c15-14(16,17)13-19-7-11(21-13)12(18)10-6-5-8-3-1-2-4-9(8)20-10/h1-7,12H,18H2. The molecule has 0 radical (unpaired) electrons. The highest BCUT2D eigenvalue weighted by Crippen LogP contribution is 2.35. The van der Waals surface area contributed by atoms with Crippen molar-refractivity contribution in [1.82, 2.24) is 9.97 Å². The topological polar surface area (TPSA) is 51.8 Å². The molecular formula is C14H10F3N3S. The minimum Gasteiger partial charge on any atom is -0.318 e. The molecule has 0 bridgehead atoms. The first kappa shape index (κ1) is 14.0. The molecule has 0 aliphatic carbocycles. The van der Waals surface area contributed by atoms with Crippen LogP contribution in [-0.2, 0) is 6.18 Å². The lowest BCUT2D eigenvalue weighted by atomic mass is 10.1. The average molecular weight is 309 g/mol. The minimum atomic E-state index is -4.44. The average Bonchev–Trinajstić information content (AvgIpc) is 2.96. The van der Waals surface area contributed by atoms with Crippen molar-refractivity contribution in [1.29, 1.82) is 0 Å². The maximum absolute atomic E-state index is 12.6. The summed E-state index contributed by atoms with van der Waals surface area (Å²) < 4.78 is 37.7. The fraction of sp³-hybridized carbons (Fsp3) is 0.143. The fourth-order valence-corrected chi connectivity index (χ4v) is 2.76. The molecule has 3 nitrogen and oxygen atoms in total. The van der Waals surface area contributed by atoms with Crippen molar-refractivity contribution in [3.05, 3.63) is 58.2 Å². The number of para-hydroxylation sites is 1. The predicted molar refractivity (Wildman–Crippen MR) is 74.9 cm³/mol. The Labute approximate surface area is 122 Å². The van der Waals surface area contributed by atoms with E-state index in [-0.39, 0.29) is 0 Å². The number of hydrogen-bond acceptors (Lipinski definition) is 4. The van der Waals surface area contributed by atoms with E-state index in [1.807, 2.05) is 30.3 Å². The lowest BCUT2D eigenvalue weighted by molar-refractivity contribution is -0.137. The van der Waals surface area contributed by atoms with E-state index < -0.39 is 17.2 Å². The molecule has 1 atom stereocenters. The molecule has 0 aliphatic heterocycles. The molecule has 3 aromatic rings. The molecule has 0 aliphatic rings. The molecule has 0 amide bonds. The number of nitrogens with zero attached hydrogens (tertiary/aromatic N) is 2. The number of benzene rings is 1. The van der Waals surface area contributed by atoms with Crippen LogP contribution in [-0.4, -0.2) is 9.97 Å². The Morgan fingerprint density at radius 2 is 1.86 bits per heavy atom. The molecule has 3 rings (SSSR count). The van der Waals surface area contributed by atoms with Crippen LogP contribution in [0, 0.1) is 0 Å². The van der Waals surface area contributed by atoms with Gasteiger partial charge in [-0.15, -0.1) is 11.3 Å². The first-order valence-corrected chi connectivity index (χ1v) is 6.91. The van der Waals surface area contributed by atoms with E-state index in [9.17, 15) is 13.2 Å². The van der Waals surface area contributed by atoms with E-state index in [1.54, 1.807) is 6.07 Å². The van der Waals surface area contributed by atoms with Gasteiger partial charge in [-0.1, -0.05) is 24.3 Å². The second kappa shape index (κ2) is 5.09. The third kappa shape index (κ3) is 2.74. The van der Waals surface area contributed by atoms with Gasteiger partial charge in [-0.3, -0.25) is 4.98 Å². The smallest absolute Gasteiger partial charge is 0.318 e. The summed E-state index contributed by atoms with van der Waals surface area (Å²) in [5, 5.41) is 0.0578. The van der Waals surface area contributed by atoms with Gasteiger partial charge >= 0.3 is 6.18 Å². The number of hydrogen-bond donors (Lipinski definition) is 1. The van der Waals surface area contributed by atoms with Crippen molar-refractivity contribution in [3.63, 3.8) is 0 Å². The molecule has 0 saturated carbocycles. The number of halogens is 3. The normalized spacial score (nSPS) is 13.5. The molecule has 0 spiro atoms. The highest BCUT2D eigenvalue weighted by Gasteiger charge is 2.35. The molecule has 21 heavy (non-hydrogen) atoms. The van der Waals surface area contributed by atoms with Crippen molar-refractivity contribution in [2.75, 3.05) is 0 Å². The lowest BCUT2D eigenvalue weighted by Crippen LogP contribution is -2.12. The van der Waals surface area contributed by atoms with Gasteiger partial charge in [0.05, 0.1) is 17.3 Å². The van der Waals surface area contributed by atoms with Crippen LogP contribution in [0.3, 0.4) is 0 Å². The highest BCUT2D eigenvalue weighted by molar-refractivity contribution is 7.11. The summed E-state index contributed by atoms with van der Waals surface area (Å²) in [4.78, 5) is 8.12. The van der Waals surface area contributed by atoms with E-state index in [0.29, 0.717) is 21.9 Å². The van der Waals surface area contributed by atoms with Crippen LogP contribution < -0.4 is 5.73 Å². The zero-order chi connectivity index (χ0) is 15.0. The Kier molecular flexibility index (Phi) is 3.38.